The third-order valence-corrected chi connectivity index (χ3v) is 7.60. The van der Waals surface area contributed by atoms with Crippen molar-refractivity contribution < 1.29 is 23.5 Å². The number of hydrogen-bond acceptors (Lipinski definition) is 8. The smallest absolute Gasteiger partial charge is 0.322 e. The Morgan fingerprint density at radius 2 is 1.93 bits per heavy atom. The number of aryl methyl sites for hydroxylation is 1. The summed E-state index contributed by atoms with van der Waals surface area (Å²) in [6, 6.07) is 16.5. The summed E-state index contributed by atoms with van der Waals surface area (Å²) in [5.41, 5.74) is 4.55. The molecule has 5 heterocycles. The monoisotopic (exact) mass is 580 g/mol. The van der Waals surface area contributed by atoms with Gasteiger partial charge in [0.25, 0.3) is 11.8 Å². The highest BCUT2D eigenvalue weighted by Crippen LogP contribution is 2.30. The summed E-state index contributed by atoms with van der Waals surface area (Å²) in [5.74, 6) is 0.746. The maximum atomic E-state index is 12.1. The minimum Gasteiger partial charge on any atom is -0.497 e. The molecular formula is C32H32N6O5. The molecule has 3 aromatic heterocycles. The van der Waals surface area contributed by atoms with Gasteiger partial charge in [-0.3, -0.25) is 19.9 Å². The molecule has 2 aliphatic heterocycles. The second-order valence-corrected chi connectivity index (χ2v) is 10.5. The van der Waals surface area contributed by atoms with Crippen LogP contribution >= 0.6 is 0 Å². The number of likely N-dealkylation sites (N-methyl/N-ethyl adjacent to an activating group) is 1. The number of carbonyl (C=O) groups is 3. The fourth-order valence-corrected chi connectivity index (χ4v) is 5.06. The lowest BCUT2D eigenvalue weighted by Gasteiger charge is -2.27. The molecule has 2 N–H and O–H groups in total. The highest BCUT2D eigenvalue weighted by atomic mass is 16.5. The number of nitrogens with one attached hydrogen (secondary N) is 2. The first-order chi connectivity index (χ1) is 20.7. The van der Waals surface area contributed by atoms with Crippen LogP contribution in [-0.4, -0.2) is 52.9 Å². The van der Waals surface area contributed by atoms with Gasteiger partial charge in [-0.1, -0.05) is 12.1 Å². The van der Waals surface area contributed by atoms with Crippen LogP contribution in [0.25, 0.3) is 11.1 Å². The molecule has 4 aromatic rings. The molecular weight excluding hydrogens is 548 g/mol. The van der Waals surface area contributed by atoms with E-state index < -0.39 is 17.5 Å². The molecule has 6 rings (SSSR count). The van der Waals surface area contributed by atoms with E-state index in [1.165, 1.54) is 0 Å². The molecule has 1 unspecified atom stereocenters. The van der Waals surface area contributed by atoms with Gasteiger partial charge in [0.1, 0.15) is 17.0 Å². The standard InChI is InChI=1S/C20H17N5O3.C12H15NO2/c1-20(18(26)24-19(27)25-20)17-10-15-16(28-17)7-6-14(23-15)9-12-4-5-13(22-11-12)3-2-8-21;1-3-13-7-6-9-4-5-10(15-2)8-11(9)12(13)14/h4-7,10-11H,2-3,9H2,1H3,(H2,24,25,26,27);4-5,8H,3,6-7H2,1-2H3. The number of benzene rings is 1. The average molecular weight is 581 g/mol. The summed E-state index contributed by atoms with van der Waals surface area (Å²) in [4.78, 5) is 46.4. The molecule has 2 aliphatic rings. The van der Waals surface area contributed by atoms with Gasteiger partial charge >= 0.3 is 6.03 Å². The molecule has 0 radical (unpaired) electrons. The minimum absolute atomic E-state index is 0.123. The molecule has 0 spiro atoms. The quantitative estimate of drug-likeness (QED) is 0.311. The Hall–Kier alpha value is -5.24. The molecule has 0 aliphatic carbocycles. The third kappa shape index (κ3) is 6.18. The van der Waals surface area contributed by atoms with Crippen LogP contribution in [0.5, 0.6) is 5.75 Å². The molecule has 11 heteroatoms. The molecule has 1 saturated heterocycles. The van der Waals surface area contributed by atoms with Crippen LogP contribution in [0, 0.1) is 11.3 Å². The fraction of sp³-hybridized carbons (Fsp3) is 0.312. The number of nitriles is 1. The van der Waals surface area contributed by atoms with Crippen molar-refractivity contribution in [2.45, 2.75) is 45.1 Å². The zero-order valence-electron chi connectivity index (χ0n) is 24.3. The molecule has 4 amide bonds. The summed E-state index contributed by atoms with van der Waals surface area (Å²) in [6.45, 7) is 5.19. The lowest BCUT2D eigenvalue weighted by molar-refractivity contribution is -0.124. The van der Waals surface area contributed by atoms with Crippen LogP contribution in [0.1, 0.15) is 58.9 Å². The summed E-state index contributed by atoms with van der Waals surface area (Å²) in [6.07, 6.45) is 4.42. The van der Waals surface area contributed by atoms with Gasteiger partial charge in [0.15, 0.2) is 11.1 Å². The Labute approximate surface area is 248 Å². The Balaban J connectivity index is 0.000000207. The van der Waals surface area contributed by atoms with E-state index in [9.17, 15) is 14.4 Å². The number of nitrogens with zero attached hydrogens (tertiary/aromatic N) is 4. The normalized spacial score (nSPS) is 17.4. The van der Waals surface area contributed by atoms with Gasteiger partial charge in [0, 0.05) is 61.6 Å². The Bertz CT molecular complexity index is 1720. The first-order valence-corrected chi connectivity index (χ1v) is 14.0. The van der Waals surface area contributed by atoms with Crippen molar-refractivity contribution in [1.82, 2.24) is 25.5 Å². The highest BCUT2D eigenvalue weighted by molar-refractivity contribution is 6.07. The largest absolute Gasteiger partial charge is 0.497 e. The van der Waals surface area contributed by atoms with Crippen molar-refractivity contribution in [3.8, 4) is 11.8 Å². The van der Waals surface area contributed by atoms with E-state index in [4.69, 9.17) is 14.4 Å². The van der Waals surface area contributed by atoms with Crippen molar-refractivity contribution in [2.75, 3.05) is 20.2 Å². The number of hydrogen-bond donors (Lipinski definition) is 2. The number of furan rings is 1. The Kier molecular flexibility index (Phi) is 8.39. The summed E-state index contributed by atoms with van der Waals surface area (Å²) in [5, 5.41) is 13.4. The SMILES string of the molecule is CC1(c2cc3nc(Cc4ccc(CCC#N)nc4)ccc3o2)NC(=O)NC1=O.CCN1CCc2ccc(OC)cc2C1=O. The van der Waals surface area contributed by atoms with E-state index in [1.807, 2.05) is 48.2 Å². The number of ether oxygens (including phenoxy) is 1. The lowest BCUT2D eigenvalue weighted by Crippen LogP contribution is -2.40. The topological polar surface area (TPSA) is 150 Å². The zero-order valence-corrected chi connectivity index (χ0v) is 24.3. The fourth-order valence-electron chi connectivity index (χ4n) is 5.06. The second-order valence-electron chi connectivity index (χ2n) is 10.5. The van der Waals surface area contributed by atoms with E-state index in [2.05, 4.69) is 26.7 Å². The van der Waals surface area contributed by atoms with Crippen LogP contribution < -0.4 is 15.4 Å². The maximum absolute atomic E-state index is 12.1. The number of pyridine rings is 2. The molecule has 0 saturated carbocycles. The third-order valence-electron chi connectivity index (χ3n) is 7.60. The van der Waals surface area contributed by atoms with Gasteiger partial charge in [-0.2, -0.15) is 5.26 Å². The van der Waals surface area contributed by atoms with Gasteiger partial charge < -0.3 is 19.4 Å². The Morgan fingerprint density at radius 1 is 1.12 bits per heavy atom. The summed E-state index contributed by atoms with van der Waals surface area (Å²) < 4.78 is 10.9. The van der Waals surface area contributed by atoms with Crippen LogP contribution in [0.2, 0.25) is 0 Å². The number of imide groups is 1. The molecule has 1 atom stereocenters. The van der Waals surface area contributed by atoms with Crippen molar-refractivity contribution in [2.24, 2.45) is 0 Å². The van der Waals surface area contributed by atoms with Crippen LogP contribution in [0.4, 0.5) is 4.79 Å². The van der Waals surface area contributed by atoms with Gasteiger partial charge in [-0.25, -0.2) is 9.78 Å². The summed E-state index contributed by atoms with van der Waals surface area (Å²) in [7, 11) is 1.62. The minimum atomic E-state index is -1.25. The molecule has 1 aromatic carbocycles. The molecule has 43 heavy (non-hydrogen) atoms. The summed E-state index contributed by atoms with van der Waals surface area (Å²) >= 11 is 0. The highest BCUT2D eigenvalue weighted by Gasteiger charge is 2.46. The van der Waals surface area contributed by atoms with Crippen molar-refractivity contribution >= 4 is 28.9 Å². The van der Waals surface area contributed by atoms with Crippen molar-refractivity contribution in [1.29, 1.82) is 5.26 Å². The number of amides is 4. The predicted octanol–water partition coefficient (Wildman–Crippen LogP) is 4.04. The van der Waals surface area contributed by atoms with Crippen LogP contribution in [-0.2, 0) is 29.6 Å². The lowest BCUT2D eigenvalue weighted by atomic mass is 9.99. The zero-order chi connectivity index (χ0) is 30.6. The molecule has 1 fully saturated rings. The number of carbonyl (C=O) groups excluding carboxylic acids is 3. The number of urea groups is 1. The molecule has 11 nitrogen and oxygen atoms in total. The number of methoxy groups -OCH3 is 1. The van der Waals surface area contributed by atoms with Crippen LogP contribution in [0.3, 0.4) is 0 Å². The van der Waals surface area contributed by atoms with E-state index in [0.717, 1.165) is 53.3 Å². The molecule has 0 bridgehead atoms. The number of fused-ring (bicyclic) bond motifs is 2. The van der Waals surface area contributed by atoms with E-state index >= 15 is 0 Å². The molecule has 220 valence electrons. The Morgan fingerprint density at radius 3 is 2.60 bits per heavy atom. The second kappa shape index (κ2) is 12.3. The van der Waals surface area contributed by atoms with Gasteiger partial charge in [0.05, 0.1) is 13.2 Å². The maximum Gasteiger partial charge on any atom is 0.322 e. The van der Waals surface area contributed by atoms with Gasteiger partial charge in [-0.05, 0) is 61.7 Å². The van der Waals surface area contributed by atoms with Gasteiger partial charge in [-0.15, -0.1) is 0 Å². The average Bonchev–Trinajstić information content (AvgIpc) is 3.56. The van der Waals surface area contributed by atoms with E-state index in [0.29, 0.717) is 36.1 Å². The van der Waals surface area contributed by atoms with E-state index in [1.54, 1.807) is 32.4 Å². The van der Waals surface area contributed by atoms with E-state index in [-0.39, 0.29) is 5.91 Å². The predicted molar refractivity (Wildman–Crippen MR) is 157 cm³/mol. The van der Waals surface area contributed by atoms with Crippen molar-refractivity contribution in [3.05, 3.63) is 88.6 Å². The number of aromatic nitrogens is 2. The first-order valence-electron chi connectivity index (χ1n) is 14.0. The van der Waals surface area contributed by atoms with Crippen LogP contribution in [0.15, 0.2) is 59.1 Å². The van der Waals surface area contributed by atoms with Gasteiger partial charge in [0.2, 0.25) is 0 Å². The number of rotatable bonds is 7. The van der Waals surface area contributed by atoms with Crippen molar-refractivity contribution in [3.63, 3.8) is 0 Å². The first kappa shape index (κ1) is 29.3.